The molecule has 3 aromatic rings. The molecule has 90 valence electrons. The van der Waals surface area contributed by atoms with E-state index in [0.29, 0.717) is 0 Å². The van der Waals surface area contributed by atoms with Gasteiger partial charge in [0, 0.05) is 17.0 Å². The number of hydrogen-bond acceptors (Lipinski definition) is 4. The molecule has 0 saturated heterocycles. The van der Waals surface area contributed by atoms with Gasteiger partial charge < -0.3 is 5.32 Å². The van der Waals surface area contributed by atoms with Crippen LogP contribution in [-0.4, -0.2) is 9.97 Å². The van der Waals surface area contributed by atoms with E-state index in [2.05, 4.69) is 38.9 Å². The van der Waals surface area contributed by atoms with E-state index in [1.807, 2.05) is 25.3 Å². The predicted molar refractivity (Wildman–Crippen MR) is 75.9 cm³/mol. The predicted octanol–water partition coefficient (Wildman–Crippen LogP) is 3.61. The number of hydrogen-bond donors (Lipinski definition) is 1. The van der Waals surface area contributed by atoms with E-state index in [4.69, 9.17) is 0 Å². The summed E-state index contributed by atoms with van der Waals surface area (Å²) in [4.78, 5) is 8.86. The molecule has 1 N–H and O–H groups in total. The van der Waals surface area contributed by atoms with E-state index in [1.165, 1.54) is 0 Å². The number of fused-ring (bicyclic) bond motifs is 1. The lowest BCUT2D eigenvalue weighted by atomic mass is 10.2. The summed E-state index contributed by atoms with van der Waals surface area (Å²) in [5.41, 5.74) is 3.14. The first-order valence-electron chi connectivity index (χ1n) is 5.81. The monoisotopic (exact) mass is 255 g/mol. The molecule has 0 unspecified atom stereocenters. The molecular weight excluding hydrogens is 242 g/mol. The van der Waals surface area contributed by atoms with Crippen molar-refractivity contribution in [2.75, 3.05) is 5.32 Å². The molecule has 2 heterocycles. The summed E-state index contributed by atoms with van der Waals surface area (Å²) in [5, 5.41) is 7.73. The molecule has 0 fully saturated rings. The zero-order valence-corrected chi connectivity index (χ0v) is 10.9. The Morgan fingerprint density at radius 2 is 2.11 bits per heavy atom. The van der Waals surface area contributed by atoms with Gasteiger partial charge in [0.1, 0.15) is 0 Å². The third kappa shape index (κ3) is 2.19. The minimum atomic E-state index is 0.736. The maximum Gasteiger partial charge on any atom is 0.0933 e. The third-order valence-corrected chi connectivity index (χ3v) is 3.58. The molecule has 3 nitrogen and oxygen atoms in total. The van der Waals surface area contributed by atoms with E-state index in [1.54, 1.807) is 11.3 Å². The fourth-order valence-corrected chi connectivity index (χ4v) is 2.53. The second kappa shape index (κ2) is 4.74. The summed E-state index contributed by atoms with van der Waals surface area (Å²) in [6, 6.07) is 10.2. The van der Waals surface area contributed by atoms with Crippen molar-refractivity contribution in [3.63, 3.8) is 0 Å². The molecule has 4 heteroatoms. The van der Waals surface area contributed by atoms with Crippen molar-refractivity contribution in [3.05, 3.63) is 52.6 Å². The van der Waals surface area contributed by atoms with Gasteiger partial charge in [-0.1, -0.05) is 18.2 Å². The maximum atomic E-state index is 4.44. The van der Waals surface area contributed by atoms with Gasteiger partial charge in [-0.15, -0.1) is 11.3 Å². The number of aryl methyl sites for hydroxylation is 1. The number of pyridine rings is 1. The van der Waals surface area contributed by atoms with E-state index in [-0.39, 0.29) is 0 Å². The summed E-state index contributed by atoms with van der Waals surface area (Å²) >= 11 is 1.68. The SMILES string of the molecule is Cc1nc(CNc2cccc3cccnc23)cs1. The summed E-state index contributed by atoms with van der Waals surface area (Å²) in [6.45, 7) is 2.76. The van der Waals surface area contributed by atoms with Crippen molar-refractivity contribution >= 4 is 27.9 Å². The Morgan fingerprint density at radius 3 is 2.94 bits per heavy atom. The van der Waals surface area contributed by atoms with Crippen LogP contribution in [0.3, 0.4) is 0 Å². The minimum Gasteiger partial charge on any atom is -0.378 e. The van der Waals surface area contributed by atoms with Gasteiger partial charge in [0.2, 0.25) is 0 Å². The molecule has 18 heavy (non-hydrogen) atoms. The highest BCUT2D eigenvalue weighted by atomic mass is 32.1. The number of nitrogens with zero attached hydrogens (tertiary/aromatic N) is 2. The summed E-state index contributed by atoms with van der Waals surface area (Å²) < 4.78 is 0. The van der Waals surface area contributed by atoms with Crippen molar-refractivity contribution in [2.45, 2.75) is 13.5 Å². The molecule has 0 saturated carbocycles. The van der Waals surface area contributed by atoms with Gasteiger partial charge in [-0.05, 0) is 19.1 Å². The Kier molecular flexibility index (Phi) is 2.94. The molecule has 2 aromatic heterocycles. The minimum absolute atomic E-state index is 0.736. The van der Waals surface area contributed by atoms with Crippen LogP contribution in [0.15, 0.2) is 41.9 Å². The molecule has 0 atom stereocenters. The van der Waals surface area contributed by atoms with Gasteiger partial charge in [-0.2, -0.15) is 0 Å². The van der Waals surface area contributed by atoms with Crippen LogP contribution in [0.25, 0.3) is 10.9 Å². The standard InChI is InChI=1S/C14H13N3S/c1-10-17-12(9-18-10)8-16-13-6-2-4-11-5-3-7-15-14(11)13/h2-7,9,16H,8H2,1H3. The highest BCUT2D eigenvalue weighted by molar-refractivity contribution is 7.09. The highest BCUT2D eigenvalue weighted by Gasteiger charge is 2.02. The molecule has 0 bridgehead atoms. The van der Waals surface area contributed by atoms with Gasteiger partial charge in [-0.25, -0.2) is 4.98 Å². The molecule has 0 radical (unpaired) electrons. The quantitative estimate of drug-likeness (QED) is 0.777. The van der Waals surface area contributed by atoms with Gasteiger partial charge in [0.15, 0.2) is 0 Å². The normalized spacial score (nSPS) is 10.7. The first kappa shape index (κ1) is 11.2. The van der Waals surface area contributed by atoms with Crippen molar-refractivity contribution in [1.82, 2.24) is 9.97 Å². The van der Waals surface area contributed by atoms with Crippen LogP contribution in [0.4, 0.5) is 5.69 Å². The van der Waals surface area contributed by atoms with E-state index in [9.17, 15) is 0 Å². The second-order valence-corrected chi connectivity index (χ2v) is 5.15. The molecule has 0 spiro atoms. The summed E-state index contributed by atoms with van der Waals surface area (Å²) in [6.07, 6.45) is 1.82. The third-order valence-electron chi connectivity index (χ3n) is 2.76. The average molecular weight is 255 g/mol. The van der Waals surface area contributed by atoms with E-state index >= 15 is 0 Å². The molecular formula is C14H13N3S. The number of aromatic nitrogens is 2. The van der Waals surface area contributed by atoms with E-state index in [0.717, 1.165) is 33.8 Å². The topological polar surface area (TPSA) is 37.8 Å². The largest absolute Gasteiger partial charge is 0.378 e. The molecule has 0 amide bonds. The van der Waals surface area contributed by atoms with E-state index < -0.39 is 0 Å². The number of thiazole rings is 1. The van der Waals surface area contributed by atoms with Crippen LogP contribution in [0.5, 0.6) is 0 Å². The number of anilines is 1. The Bertz CT molecular complexity index is 670. The lowest BCUT2D eigenvalue weighted by Crippen LogP contribution is -2.00. The van der Waals surface area contributed by atoms with Gasteiger partial charge >= 0.3 is 0 Å². The number of para-hydroxylation sites is 1. The van der Waals surface area contributed by atoms with Crippen LogP contribution in [-0.2, 0) is 6.54 Å². The zero-order chi connectivity index (χ0) is 12.4. The van der Waals surface area contributed by atoms with Crippen molar-refractivity contribution in [2.24, 2.45) is 0 Å². The van der Waals surface area contributed by atoms with Crippen LogP contribution in [0.2, 0.25) is 0 Å². The Balaban J connectivity index is 1.86. The average Bonchev–Trinajstić information content (AvgIpc) is 2.82. The Hall–Kier alpha value is -1.94. The van der Waals surface area contributed by atoms with Crippen molar-refractivity contribution < 1.29 is 0 Å². The summed E-state index contributed by atoms with van der Waals surface area (Å²) in [5.74, 6) is 0. The summed E-state index contributed by atoms with van der Waals surface area (Å²) in [7, 11) is 0. The van der Waals surface area contributed by atoms with Crippen molar-refractivity contribution in [3.8, 4) is 0 Å². The first-order chi connectivity index (χ1) is 8.83. The highest BCUT2D eigenvalue weighted by Crippen LogP contribution is 2.21. The van der Waals surface area contributed by atoms with Crippen LogP contribution >= 0.6 is 11.3 Å². The van der Waals surface area contributed by atoms with Crippen LogP contribution in [0, 0.1) is 6.92 Å². The van der Waals surface area contributed by atoms with Gasteiger partial charge in [0.05, 0.1) is 28.5 Å². The molecule has 0 aliphatic rings. The van der Waals surface area contributed by atoms with Crippen molar-refractivity contribution in [1.29, 1.82) is 0 Å². The number of nitrogens with one attached hydrogen (secondary N) is 1. The fraction of sp³-hybridized carbons (Fsp3) is 0.143. The first-order valence-corrected chi connectivity index (χ1v) is 6.69. The lowest BCUT2D eigenvalue weighted by Gasteiger charge is -2.07. The van der Waals surface area contributed by atoms with Gasteiger partial charge in [-0.3, -0.25) is 4.98 Å². The molecule has 0 aliphatic carbocycles. The smallest absolute Gasteiger partial charge is 0.0933 e. The second-order valence-electron chi connectivity index (χ2n) is 4.09. The van der Waals surface area contributed by atoms with Crippen LogP contribution < -0.4 is 5.32 Å². The maximum absolute atomic E-state index is 4.44. The lowest BCUT2D eigenvalue weighted by molar-refractivity contribution is 1.06. The zero-order valence-electron chi connectivity index (χ0n) is 10.1. The van der Waals surface area contributed by atoms with Gasteiger partial charge in [0.25, 0.3) is 0 Å². The number of benzene rings is 1. The molecule has 3 rings (SSSR count). The fourth-order valence-electron chi connectivity index (χ4n) is 1.92. The number of rotatable bonds is 3. The Morgan fingerprint density at radius 1 is 1.22 bits per heavy atom. The Labute approximate surface area is 110 Å². The molecule has 1 aromatic carbocycles. The molecule has 0 aliphatic heterocycles. The van der Waals surface area contributed by atoms with Crippen LogP contribution in [0.1, 0.15) is 10.7 Å².